The third kappa shape index (κ3) is 4.93. The van der Waals surface area contributed by atoms with Crippen molar-refractivity contribution in [2.45, 2.75) is 6.92 Å². The smallest absolute Gasteiger partial charge is 0.273 e. The molecule has 7 heteroatoms. The number of anilines is 1. The molecule has 27 heavy (non-hydrogen) atoms. The molecule has 0 aliphatic carbocycles. The van der Waals surface area contributed by atoms with Crippen molar-refractivity contribution in [1.29, 1.82) is 0 Å². The van der Waals surface area contributed by atoms with E-state index in [-0.39, 0.29) is 18.4 Å². The lowest BCUT2D eigenvalue weighted by Gasteiger charge is -2.15. The highest BCUT2D eigenvalue weighted by Crippen LogP contribution is 2.25. The minimum Gasteiger partial charge on any atom is -0.331 e. The van der Waals surface area contributed by atoms with E-state index in [1.165, 1.54) is 16.2 Å². The van der Waals surface area contributed by atoms with Gasteiger partial charge in [0.15, 0.2) is 0 Å². The van der Waals surface area contributed by atoms with Crippen molar-refractivity contribution in [3.63, 3.8) is 0 Å². The minimum absolute atomic E-state index is 0.0550. The fraction of sp³-hybridized carbons (Fsp3) is 0.150. The van der Waals surface area contributed by atoms with Crippen LogP contribution in [0.15, 0.2) is 53.9 Å². The van der Waals surface area contributed by atoms with Crippen molar-refractivity contribution in [1.82, 2.24) is 9.88 Å². The number of hydrogen-bond acceptors (Lipinski definition) is 4. The predicted molar refractivity (Wildman–Crippen MR) is 109 cm³/mol. The Morgan fingerprint density at radius 2 is 1.78 bits per heavy atom. The van der Waals surface area contributed by atoms with E-state index in [2.05, 4.69) is 10.3 Å². The van der Waals surface area contributed by atoms with Crippen LogP contribution >= 0.6 is 22.9 Å². The highest BCUT2D eigenvalue weighted by atomic mass is 35.5. The predicted octanol–water partition coefficient (Wildman–Crippen LogP) is 4.48. The number of halogens is 1. The highest BCUT2D eigenvalue weighted by molar-refractivity contribution is 7.13. The average molecular weight is 400 g/mol. The molecular formula is C20H18ClN3O2S. The number of aryl methyl sites for hydroxylation is 1. The van der Waals surface area contributed by atoms with E-state index in [0.717, 1.165) is 16.1 Å². The van der Waals surface area contributed by atoms with E-state index in [9.17, 15) is 9.59 Å². The van der Waals surface area contributed by atoms with Gasteiger partial charge in [-0.05, 0) is 31.2 Å². The molecule has 5 nitrogen and oxygen atoms in total. The van der Waals surface area contributed by atoms with Crippen LogP contribution in [0.3, 0.4) is 0 Å². The van der Waals surface area contributed by atoms with Gasteiger partial charge in [0.25, 0.3) is 5.91 Å². The number of nitrogens with zero attached hydrogens (tertiary/aromatic N) is 2. The molecular weight excluding hydrogens is 382 g/mol. The fourth-order valence-electron chi connectivity index (χ4n) is 2.42. The minimum atomic E-state index is -0.300. The Bertz CT molecular complexity index is 952. The number of nitrogens with one attached hydrogen (secondary N) is 1. The molecule has 0 bridgehead atoms. The standard InChI is InChI=1S/C20H18ClN3O2S/c1-13-3-9-16(10-4-13)22-18(25)11-24(2)20(26)17-12-27-19(23-17)14-5-7-15(21)8-6-14/h3-10,12H,11H2,1-2H3,(H,22,25). The third-order valence-corrected chi connectivity index (χ3v) is 5.02. The molecule has 3 aromatic rings. The summed E-state index contributed by atoms with van der Waals surface area (Å²) in [5.74, 6) is -0.562. The number of likely N-dealkylation sites (N-methyl/N-ethyl adjacent to an activating group) is 1. The van der Waals surface area contributed by atoms with Gasteiger partial charge in [-0.1, -0.05) is 41.4 Å². The van der Waals surface area contributed by atoms with Crippen LogP contribution < -0.4 is 5.32 Å². The number of benzene rings is 2. The normalized spacial score (nSPS) is 10.5. The van der Waals surface area contributed by atoms with Crippen molar-refractivity contribution in [2.24, 2.45) is 0 Å². The summed E-state index contributed by atoms with van der Waals surface area (Å²) in [6.45, 7) is 1.92. The maximum Gasteiger partial charge on any atom is 0.273 e. The maximum atomic E-state index is 12.5. The van der Waals surface area contributed by atoms with Crippen LogP contribution in [-0.2, 0) is 4.79 Å². The van der Waals surface area contributed by atoms with Crippen LogP contribution in [0, 0.1) is 6.92 Å². The van der Waals surface area contributed by atoms with Crippen molar-refractivity contribution >= 4 is 40.4 Å². The van der Waals surface area contributed by atoms with Crippen LogP contribution in [0.2, 0.25) is 5.02 Å². The monoisotopic (exact) mass is 399 g/mol. The third-order valence-electron chi connectivity index (χ3n) is 3.88. The Balaban J connectivity index is 1.62. The average Bonchev–Trinajstić information content (AvgIpc) is 3.13. The Morgan fingerprint density at radius 1 is 1.11 bits per heavy atom. The molecule has 2 amide bonds. The van der Waals surface area contributed by atoms with Gasteiger partial charge in [0.2, 0.25) is 5.91 Å². The van der Waals surface area contributed by atoms with Crippen LogP contribution in [0.4, 0.5) is 5.69 Å². The largest absolute Gasteiger partial charge is 0.331 e. The van der Waals surface area contributed by atoms with Crippen LogP contribution in [0.25, 0.3) is 10.6 Å². The van der Waals surface area contributed by atoms with Gasteiger partial charge < -0.3 is 10.2 Å². The van der Waals surface area contributed by atoms with Crippen LogP contribution in [-0.4, -0.2) is 35.3 Å². The summed E-state index contributed by atoms with van der Waals surface area (Å²) >= 11 is 7.27. The Hall–Kier alpha value is -2.70. The number of amides is 2. The number of hydrogen-bond donors (Lipinski definition) is 1. The molecule has 0 atom stereocenters. The van der Waals surface area contributed by atoms with E-state index in [4.69, 9.17) is 11.6 Å². The second-order valence-corrected chi connectivity index (χ2v) is 7.41. The topological polar surface area (TPSA) is 62.3 Å². The Kier molecular flexibility index (Phi) is 5.88. The molecule has 0 fully saturated rings. The van der Waals surface area contributed by atoms with Gasteiger partial charge in [-0.25, -0.2) is 4.98 Å². The Morgan fingerprint density at radius 3 is 2.44 bits per heavy atom. The molecule has 0 radical (unpaired) electrons. The maximum absolute atomic E-state index is 12.5. The summed E-state index contributed by atoms with van der Waals surface area (Å²) in [7, 11) is 1.58. The Labute approximate surface area is 166 Å². The molecule has 2 aromatic carbocycles. The molecule has 0 saturated heterocycles. The molecule has 138 valence electrons. The summed E-state index contributed by atoms with van der Waals surface area (Å²) in [5.41, 5.74) is 3.02. The lowest BCUT2D eigenvalue weighted by Crippen LogP contribution is -2.35. The van der Waals surface area contributed by atoms with E-state index < -0.39 is 0 Å². The lowest BCUT2D eigenvalue weighted by molar-refractivity contribution is -0.116. The zero-order chi connectivity index (χ0) is 19.4. The second-order valence-electron chi connectivity index (χ2n) is 6.12. The first-order chi connectivity index (χ1) is 12.9. The van der Waals surface area contributed by atoms with Gasteiger partial charge in [-0.15, -0.1) is 11.3 Å². The molecule has 3 rings (SSSR count). The summed E-state index contributed by atoms with van der Waals surface area (Å²) in [6.07, 6.45) is 0. The van der Waals surface area contributed by atoms with E-state index in [1.54, 1.807) is 24.6 Å². The second kappa shape index (κ2) is 8.33. The first-order valence-electron chi connectivity index (χ1n) is 8.26. The van der Waals surface area contributed by atoms with Crippen molar-refractivity contribution in [2.75, 3.05) is 18.9 Å². The van der Waals surface area contributed by atoms with Gasteiger partial charge in [-0.2, -0.15) is 0 Å². The number of thiazole rings is 1. The van der Waals surface area contributed by atoms with E-state index in [0.29, 0.717) is 16.4 Å². The molecule has 0 spiro atoms. The molecule has 0 aliphatic rings. The zero-order valence-electron chi connectivity index (χ0n) is 14.9. The summed E-state index contributed by atoms with van der Waals surface area (Å²) < 4.78 is 0. The van der Waals surface area contributed by atoms with Crippen LogP contribution in [0.1, 0.15) is 16.1 Å². The van der Waals surface area contributed by atoms with Crippen molar-refractivity contribution in [3.05, 3.63) is 70.2 Å². The van der Waals surface area contributed by atoms with Gasteiger partial charge in [0.1, 0.15) is 10.7 Å². The van der Waals surface area contributed by atoms with Gasteiger partial charge in [0.05, 0.1) is 6.54 Å². The zero-order valence-corrected chi connectivity index (χ0v) is 16.5. The summed E-state index contributed by atoms with van der Waals surface area (Å²) in [4.78, 5) is 30.4. The SMILES string of the molecule is Cc1ccc(NC(=O)CN(C)C(=O)c2csc(-c3ccc(Cl)cc3)n2)cc1. The molecule has 0 unspecified atom stereocenters. The molecule has 1 N–H and O–H groups in total. The molecule has 1 heterocycles. The fourth-order valence-corrected chi connectivity index (χ4v) is 3.34. The highest BCUT2D eigenvalue weighted by Gasteiger charge is 2.18. The molecule has 1 aromatic heterocycles. The van der Waals surface area contributed by atoms with E-state index in [1.807, 2.05) is 43.3 Å². The van der Waals surface area contributed by atoms with Crippen molar-refractivity contribution in [3.8, 4) is 10.6 Å². The summed E-state index contributed by atoms with van der Waals surface area (Å²) in [5, 5.41) is 5.85. The quantitative estimate of drug-likeness (QED) is 0.687. The van der Waals surface area contributed by atoms with Crippen LogP contribution in [0.5, 0.6) is 0 Å². The lowest BCUT2D eigenvalue weighted by atomic mass is 10.2. The molecule has 0 saturated carbocycles. The van der Waals surface area contributed by atoms with Gasteiger partial charge >= 0.3 is 0 Å². The number of carbonyl (C=O) groups excluding carboxylic acids is 2. The van der Waals surface area contributed by atoms with Gasteiger partial charge in [0, 0.05) is 28.7 Å². The van der Waals surface area contributed by atoms with Crippen molar-refractivity contribution < 1.29 is 9.59 Å². The number of aromatic nitrogens is 1. The molecule has 0 aliphatic heterocycles. The summed E-state index contributed by atoms with van der Waals surface area (Å²) in [6, 6.07) is 14.8. The number of rotatable bonds is 5. The van der Waals surface area contributed by atoms with Gasteiger partial charge in [-0.3, -0.25) is 9.59 Å². The first-order valence-corrected chi connectivity index (χ1v) is 9.51. The first kappa shape index (κ1) is 19.1. The van der Waals surface area contributed by atoms with E-state index >= 15 is 0 Å². The number of carbonyl (C=O) groups is 2.